The standard InChI is InChI=1S/C20H23N5O3.C2HF3O2/c26-20(17-2-1-11-28-17)24-7-5-15(6-8-24)19-21-18-4-3-16(14-25(18)22-19)23-9-12-27-13-10-23;3-2(4,5)1(6)7/h1-4,11,14-15H,5-10,12-13H2;(H,6,7). The topological polar surface area (TPSA) is 113 Å². The van der Waals surface area contributed by atoms with Crippen LogP contribution in [-0.4, -0.2) is 82.1 Å². The number of anilines is 1. The summed E-state index contributed by atoms with van der Waals surface area (Å²) in [6.07, 6.45) is 0.220. The maximum Gasteiger partial charge on any atom is 0.490 e. The van der Waals surface area contributed by atoms with Crippen LogP contribution in [0.25, 0.3) is 5.65 Å². The first-order chi connectivity index (χ1) is 16.7. The molecule has 13 heteroatoms. The van der Waals surface area contributed by atoms with E-state index in [-0.39, 0.29) is 11.8 Å². The van der Waals surface area contributed by atoms with E-state index in [9.17, 15) is 18.0 Å². The highest BCUT2D eigenvalue weighted by molar-refractivity contribution is 5.91. The third-order valence-electron chi connectivity index (χ3n) is 5.83. The fourth-order valence-corrected chi connectivity index (χ4v) is 3.97. The van der Waals surface area contributed by atoms with E-state index in [1.54, 1.807) is 12.1 Å². The molecule has 0 radical (unpaired) electrons. The number of pyridine rings is 1. The number of carboxylic acids is 1. The molecular weight excluding hydrogens is 471 g/mol. The number of aliphatic carboxylic acids is 1. The van der Waals surface area contributed by atoms with Crippen molar-refractivity contribution in [1.29, 1.82) is 0 Å². The van der Waals surface area contributed by atoms with Crippen LogP contribution in [0.1, 0.15) is 35.1 Å². The summed E-state index contributed by atoms with van der Waals surface area (Å²) in [4.78, 5) is 30.2. The molecule has 2 saturated heterocycles. The molecule has 188 valence electrons. The fraction of sp³-hybridized carbons (Fsp3) is 0.455. The minimum Gasteiger partial charge on any atom is -0.475 e. The highest BCUT2D eigenvalue weighted by atomic mass is 19.4. The Morgan fingerprint density at radius 3 is 2.34 bits per heavy atom. The Balaban J connectivity index is 0.000000364. The molecule has 2 fully saturated rings. The molecule has 2 aliphatic heterocycles. The van der Waals surface area contributed by atoms with Gasteiger partial charge in [0.2, 0.25) is 0 Å². The first kappa shape index (κ1) is 24.5. The SMILES string of the molecule is O=C(O)C(F)(F)F.O=C(c1ccco1)N1CCC(c2nc3ccc(N4CCOCC4)cn3n2)CC1. The van der Waals surface area contributed by atoms with E-state index in [4.69, 9.17) is 29.1 Å². The number of ether oxygens (including phenoxy) is 1. The molecule has 1 N–H and O–H groups in total. The van der Waals surface area contributed by atoms with Gasteiger partial charge in [0.1, 0.15) is 0 Å². The summed E-state index contributed by atoms with van der Waals surface area (Å²) in [5, 5.41) is 11.9. The van der Waals surface area contributed by atoms with Gasteiger partial charge in [-0.25, -0.2) is 14.3 Å². The van der Waals surface area contributed by atoms with E-state index in [0.29, 0.717) is 18.8 Å². The van der Waals surface area contributed by atoms with Crippen molar-refractivity contribution in [1.82, 2.24) is 19.5 Å². The van der Waals surface area contributed by atoms with Crippen molar-refractivity contribution < 1.29 is 37.0 Å². The van der Waals surface area contributed by atoms with Crippen LogP contribution < -0.4 is 4.90 Å². The third kappa shape index (κ3) is 5.91. The van der Waals surface area contributed by atoms with E-state index in [1.807, 2.05) is 21.7 Å². The number of halogens is 3. The number of carboxylic acid groups (broad SMARTS) is 1. The molecule has 3 aromatic rings. The van der Waals surface area contributed by atoms with Crippen LogP contribution in [0.3, 0.4) is 0 Å². The van der Waals surface area contributed by atoms with Crippen LogP contribution in [0.15, 0.2) is 41.1 Å². The summed E-state index contributed by atoms with van der Waals surface area (Å²) in [5.74, 6) is -1.26. The van der Waals surface area contributed by atoms with Crippen molar-refractivity contribution in [2.45, 2.75) is 24.9 Å². The Kier molecular flexibility index (Phi) is 7.24. The molecule has 5 heterocycles. The van der Waals surface area contributed by atoms with Gasteiger partial charge in [-0.1, -0.05) is 0 Å². The number of nitrogens with zero attached hydrogens (tertiary/aromatic N) is 5. The molecular formula is C22H24F3N5O5. The Bertz CT molecular complexity index is 1150. The lowest BCUT2D eigenvalue weighted by Gasteiger charge is -2.30. The second-order valence-corrected chi connectivity index (χ2v) is 8.11. The van der Waals surface area contributed by atoms with Gasteiger partial charge >= 0.3 is 12.1 Å². The van der Waals surface area contributed by atoms with Crippen LogP contribution in [0, 0.1) is 0 Å². The summed E-state index contributed by atoms with van der Waals surface area (Å²) >= 11 is 0. The normalized spacial score (nSPS) is 17.2. The summed E-state index contributed by atoms with van der Waals surface area (Å²) in [6, 6.07) is 7.58. The second kappa shape index (κ2) is 10.3. The van der Waals surface area contributed by atoms with Gasteiger partial charge in [-0.05, 0) is 37.1 Å². The van der Waals surface area contributed by atoms with Crippen molar-refractivity contribution in [2.24, 2.45) is 0 Å². The molecule has 3 aromatic heterocycles. The summed E-state index contributed by atoms with van der Waals surface area (Å²) in [6.45, 7) is 4.70. The molecule has 0 atom stereocenters. The van der Waals surface area contributed by atoms with E-state index >= 15 is 0 Å². The Morgan fingerprint density at radius 2 is 1.74 bits per heavy atom. The average molecular weight is 495 g/mol. The van der Waals surface area contributed by atoms with Gasteiger partial charge in [0.05, 0.1) is 31.4 Å². The Hall–Kier alpha value is -3.61. The maximum absolute atomic E-state index is 12.4. The quantitative estimate of drug-likeness (QED) is 0.590. The molecule has 2 aliphatic rings. The number of morpholine rings is 1. The smallest absolute Gasteiger partial charge is 0.475 e. The van der Waals surface area contributed by atoms with Crippen molar-refractivity contribution in [3.05, 3.63) is 48.3 Å². The number of amides is 1. The Labute approximate surface area is 197 Å². The average Bonchev–Trinajstić information content (AvgIpc) is 3.54. The molecule has 10 nitrogen and oxygen atoms in total. The minimum absolute atomic E-state index is 0.0402. The molecule has 0 aliphatic carbocycles. The highest BCUT2D eigenvalue weighted by Crippen LogP contribution is 2.27. The van der Waals surface area contributed by atoms with Crippen LogP contribution in [0.4, 0.5) is 18.9 Å². The summed E-state index contributed by atoms with van der Waals surface area (Å²) in [7, 11) is 0. The van der Waals surface area contributed by atoms with Crippen molar-refractivity contribution in [2.75, 3.05) is 44.3 Å². The van der Waals surface area contributed by atoms with E-state index < -0.39 is 12.1 Å². The number of piperidine rings is 1. The zero-order valence-corrected chi connectivity index (χ0v) is 18.6. The van der Waals surface area contributed by atoms with Crippen LogP contribution >= 0.6 is 0 Å². The predicted octanol–water partition coefficient (Wildman–Crippen LogP) is 2.81. The van der Waals surface area contributed by atoms with Gasteiger partial charge < -0.3 is 24.1 Å². The number of hydrogen-bond acceptors (Lipinski definition) is 7. The van der Waals surface area contributed by atoms with Gasteiger partial charge in [0.25, 0.3) is 5.91 Å². The zero-order chi connectivity index (χ0) is 25.0. The number of rotatable bonds is 3. The zero-order valence-electron chi connectivity index (χ0n) is 18.6. The van der Waals surface area contributed by atoms with Crippen LogP contribution in [0.5, 0.6) is 0 Å². The lowest BCUT2D eigenvalue weighted by Crippen LogP contribution is -2.38. The van der Waals surface area contributed by atoms with E-state index in [1.165, 1.54) is 6.26 Å². The minimum atomic E-state index is -5.08. The number of furan rings is 1. The van der Waals surface area contributed by atoms with Gasteiger partial charge in [-0.3, -0.25) is 4.79 Å². The number of fused-ring (bicyclic) bond motifs is 1. The molecule has 0 aromatic carbocycles. The van der Waals surface area contributed by atoms with E-state index in [2.05, 4.69) is 11.0 Å². The third-order valence-corrected chi connectivity index (χ3v) is 5.83. The first-order valence-corrected chi connectivity index (χ1v) is 11.0. The van der Waals surface area contributed by atoms with Crippen molar-refractivity contribution in [3.63, 3.8) is 0 Å². The predicted molar refractivity (Wildman–Crippen MR) is 116 cm³/mol. The molecule has 0 bridgehead atoms. The second-order valence-electron chi connectivity index (χ2n) is 8.11. The lowest BCUT2D eigenvalue weighted by molar-refractivity contribution is -0.192. The summed E-state index contributed by atoms with van der Waals surface area (Å²) < 4.78 is 44.3. The van der Waals surface area contributed by atoms with Gasteiger partial charge in [-0.15, -0.1) is 0 Å². The number of alkyl halides is 3. The molecule has 35 heavy (non-hydrogen) atoms. The molecule has 0 spiro atoms. The molecule has 0 unspecified atom stereocenters. The largest absolute Gasteiger partial charge is 0.490 e. The molecule has 1 amide bonds. The van der Waals surface area contributed by atoms with E-state index in [0.717, 1.165) is 56.3 Å². The van der Waals surface area contributed by atoms with Crippen LogP contribution in [-0.2, 0) is 9.53 Å². The molecule has 5 rings (SSSR count). The fourth-order valence-electron chi connectivity index (χ4n) is 3.97. The first-order valence-electron chi connectivity index (χ1n) is 11.0. The van der Waals surface area contributed by atoms with Gasteiger partial charge in [-0.2, -0.15) is 18.3 Å². The number of carbonyl (C=O) groups excluding carboxylic acids is 1. The number of hydrogen-bond donors (Lipinski definition) is 1. The number of likely N-dealkylation sites (tertiary alicyclic amines) is 1. The van der Waals surface area contributed by atoms with Gasteiger partial charge in [0, 0.05) is 32.1 Å². The lowest BCUT2D eigenvalue weighted by atomic mass is 9.96. The van der Waals surface area contributed by atoms with Gasteiger partial charge in [0.15, 0.2) is 17.2 Å². The highest BCUT2D eigenvalue weighted by Gasteiger charge is 2.38. The summed E-state index contributed by atoms with van der Waals surface area (Å²) in [5.41, 5.74) is 2.01. The Morgan fingerprint density at radius 1 is 1.06 bits per heavy atom. The maximum atomic E-state index is 12.4. The number of carbonyl (C=O) groups is 2. The van der Waals surface area contributed by atoms with Crippen LogP contribution in [0.2, 0.25) is 0 Å². The van der Waals surface area contributed by atoms with Crippen molar-refractivity contribution in [3.8, 4) is 0 Å². The molecule has 0 saturated carbocycles. The monoisotopic (exact) mass is 495 g/mol. The number of aromatic nitrogens is 3. The van der Waals surface area contributed by atoms with Crippen molar-refractivity contribution >= 4 is 23.2 Å².